The van der Waals surface area contributed by atoms with Crippen molar-refractivity contribution >= 4 is 0 Å². The number of benzene rings is 1. The maximum atomic E-state index is 3.57. The number of hydrogen-bond donors (Lipinski definition) is 1. The third-order valence-electron chi connectivity index (χ3n) is 4.29. The second kappa shape index (κ2) is 5.44. The summed E-state index contributed by atoms with van der Waals surface area (Å²) in [6.07, 6.45) is 2.78. The zero-order chi connectivity index (χ0) is 13.2. The number of rotatable bonds is 5. The van der Waals surface area contributed by atoms with E-state index in [0.717, 1.165) is 19.0 Å². The van der Waals surface area contributed by atoms with E-state index in [4.69, 9.17) is 0 Å². The van der Waals surface area contributed by atoms with Crippen LogP contribution in [0.15, 0.2) is 24.3 Å². The Kier molecular flexibility index (Phi) is 4.11. The summed E-state index contributed by atoms with van der Waals surface area (Å²) in [7, 11) is 0. The van der Waals surface area contributed by atoms with Crippen LogP contribution in [-0.2, 0) is 6.54 Å². The standard InChI is InChI=1S/C17H27N/c1-13(17(2,3)4)11-18-12-14-5-7-15(8-6-14)16-9-10-16/h5-8,13,16,18H,9-12H2,1-4H3. The summed E-state index contributed by atoms with van der Waals surface area (Å²) in [5.74, 6) is 1.57. The highest BCUT2D eigenvalue weighted by atomic mass is 14.9. The van der Waals surface area contributed by atoms with E-state index in [1.54, 1.807) is 0 Å². The van der Waals surface area contributed by atoms with Crippen molar-refractivity contribution in [2.24, 2.45) is 11.3 Å². The molecule has 0 aliphatic heterocycles. The highest BCUT2D eigenvalue weighted by Gasteiger charge is 2.23. The Hall–Kier alpha value is -0.820. The summed E-state index contributed by atoms with van der Waals surface area (Å²) in [4.78, 5) is 0. The predicted molar refractivity (Wildman–Crippen MR) is 78.7 cm³/mol. The van der Waals surface area contributed by atoms with Crippen LogP contribution in [0.2, 0.25) is 0 Å². The van der Waals surface area contributed by atoms with Crippen molar-refractivity contribution in [3.8, 4) is 0 Å². The Labute approximate surface area is 112 Å². The molecule has 0 saturated heterocycles. The van der Waals surface area contributed by atoms with Crippen molar-refractivity contribution in [1.82, 2.24) is 5.32 Å². The number of nitrogens with one attached hydrogen (secondary N) is 1. The summed E-state index contributed by atoms with van der Waals surface area (Å²) in [6, 6.07) is 9.18. The fourth-order valence-corrected chi connectivity index (χ4v) is 2.06. The molecule has 0 bridgehead atoms. The number of hydrogen-bond acceptors (Lipinski definition) is 1. The highest BCUT2D eigenvalue weighted by molar-refractivity contribution is 5.27. The van der Waals surface area contributed by atoms with Gasteiger partial charge in [-0.15, -0.1) is 0 Å². The normalized spacial score (nSPS) is 17.8. The first kappa shape index (κ1) is 13.6. The molecule has 1 saturated carbocycles. The van der Waals surface area contributed by atoms with E-state index in [9.17, 15) is 0 Å². The van der Waals surface area contributed by atoms with Crippen molar-refractivity contribution in [3.63, 3.8) is 0 Å². The van der Waals surface area contributed by atoms with E-state index < -0.39 is 0 Å². The molecule has 0 heterocycles. The first-order chi connectivity index (χ1) is 8.47. The second-order valence-electron chi connectivity index (χ2n) is 6.91. The van der Waals surface area contributed by atoms with Gasteiger partial charge in [0.05, 0.1) is 0 Å². The third kappa shape index (κ3) is 3.84. The molecule has 1 unspecified atom stereocenters. The quantitative estimate of drug-likeness (QED) is 0.814. The molecule has 0 aromatic heterocycles. The molecule has 1 aromatic carbocycles. The van der Waals surface area contributed by atoms with E-state index in [-0.39, 0.29) is 0 Å². The average molecular weight is 245 g/mol. The van der Waals surface area contributed by atoms with Gasteiger partial charge in [0.15, 0.2) is 0 Å². The Morgan fingerprint density at radius 3 is 2.28 bits per heavy atom. The summed E-state index contributed by atoms with van der Waals surface area (Å²) in [6.45, 7) is 11.3. The van der Waals surface area contributed by atoms with Crippen LogP contribution in [0.3, 0.4) is 0 Å². The maximum absolute atomic E-state index is 3.57. The molecule has 1 heteroatoms. The van der Waals surface area contributed by atoms with E-state index in [2.05, 4.69) is 57.3 Å². The molecular weight excluding hydrogens is 218 g/mol. The lowest BCUT2D eigenvalue weighted by molar-refractivity contribution is 0.252. The zero-order valence-electron chi connectivity index (χ0n) is 12.3. The Bertz CT molecular complexity index is 368. The van der Waals surface area contributed by atoms with Gasteiger partial charge in [-0.25, -0.2) is 0 Å². The van der Waals surface area contributed by atoms with Gasteiger partial charge in [-0.05, 0) is 47.8 Å². The van der Waals surface area contributed by atoms with Gasteiger partial charge in [-0.2, -0.15) is 0 Å². The molecule has 1 aliphatic rings. The highest BCUT2D eigenvalue weighted by Crippen LogP contribution is 2.39. The Morgan fingerprint density at radius 2 is 1.78 bits per heavy atom. The minimum atomic E-state index is 0.392. The van der Waals surface area contributed by atoms with Crippen molar-refractivity contribution in [3.05, 3.63) is 35.4 Å². The molecule has 1 N–H and O–H groups in total. The maximum Gasteiger partial charge on any atom is 0.0205 e. The predicted octanol–water partition coefficient (Wildman–Crippen LogP) is 4.34. The van der Waals surface area contributed by atoms with Gasteiger partial charge < -0.3 is 5.32 Å². The molecule has 0 radical (unpaired) electrons. The molecule has 0 spiro atoms. The lowest BCUT2D eigenvalue weighted by atomic mass is 9.82. The minimum Gasteiger partial charge on any atom is -0.312 e. The van der Waals surface area contributed by atoms with E-state index in [1.807, 2.05) is 0 Å². The van der Waals surface area contributed by atoms with Crippen LogP contribution in [-0.4, -0.2) is 6.54 Å². The molecule has 100 valence electrons. The van der Waals surface area contributed by atoms with E-state index in [0.29, 0.717) is 11.3 Å². The topological polar surface area (TPSA) is 12.0 Å². The third-order valence-corrected chi connectivity index (χ3v) is 4.29. The summed E-state index contributed by atoms with van der Waals surface area (Å²) in [5.41, 5.74) is 3.32. The molecule has 18 heavy (non-hydrogen) atoms. The van der Waals surface area contributed by atoms with Crippen LogP contribution >= 0.6 is 0 Å². The van der Waals surface area contributed by atoms with Crippen molar-refractivity contribution in [2.75, 3.05) is 6.54 Å². The molecule has 0 amide bonds. The van der Waals surface area contributed by atoms with Crippen LogP contribution < -0.4 is 5.32 Å². The molecule has 1 aromatic rings. The van der Waals surface area contributed by atoms with Gasteiger partial charge in [0, 0.05) is 6.54 Å². The Balaban J connectivity index is 1.76. The lowest BCUT2D eigenvalue weighted by Crippen LogP contribution is -2.29. The van der Waals surface area contributed by atoms with Gasteiger partial charge >= 0.3 is 0 Å². The largest absolute Gasteiger partial charge is 0.312 e. The van der Waals surface area contributed by atoms with Crippen molar-refractivity contribution < 1.29 is 0 Å². The molecular formula is C17H27N. The van der Waals surface area contributed by atoms with Gasteiger partial charge in [-0.3, -0.25) is 0 Å². The SMILES string of the molecule is CC(CNCc1ccc(C2CC2)cc1)C(C)(C)C. The molecule has 1 nitrogen and oxygen atoms in total. The Morgan fingerprint density at radius 1 is 1.17 bits per heavy atom. The fourth-order valence-electron chi connectivity index (χ4n) is 2.06. The van der Waals surface area contributed by atoms with Crippen LogP contribution in [0, 0.1) is 11.3 Å². The van der Waals surface area contributed by atoms with Gasteiger partial charge in [0.2, 0.25) is 0 Å². The fraction of sp³-hybridized carbons (Fsp3) is 0.647. The van der Waals surface area contributed by atoms with Crippen LogP contribution in [0.1, 0.15) is 57.6 Å². The minimum absolute atomic E-state index is 0.392. The zero-order valence-corrected chi connectivity index (χ0v) is 12.3. The lowest BCUT2D eigenvalue weighted by Gasteiger charge is -2.27. The van der Waals surface area contributed by atoms with Crippen molar-refractivity contribution in [1.29, 1.82) is 0 Å². The van der Waals surface area contributed by atoms with Gasteiger partial charge in [-0.1, -0.05) is 52.0 Å². The first-order valence-electron chi connectivity index (χ1n) is 7.26. The first-order valence-corrected chi connectivity index (χ1v) is 7.26. The van der Waals surface area contributed by atoms with Crippen LogP contribution in [0.25, 0.3) is 0 Å². The summed E-state index contributed by atoms with van der Waals surface area (Å²) < 4.78 is 0. The molecule has 1 atom stereocenters. The smallest absolute Gasteiger partial charge is 0.0205 e. The average Bonchev–Trinajstić information content (AvgIpc) is 3.12. The molecule has 1 aliphatic carbocycles. The van der Waals surface area contributed by atoms with Gasteiger partial charge in [0.1, 0.15) is 0 Å². The second-order valence-corrected chi connectivity index (χ2v) is 6.91. The summed E-state index contributed by atoms with van der Waals surface area (Å²) >= 11 is 0. The van der Waals surface area contributed by atoms with Crippen molar-refractivity contribution in [2.45, 2.75) is 53.0 Å². The van der Waals surface area contributed by atoms with Gasteiger partial charge in [0.25, 0.3) is 0 Å². The monoisotopic (exact) mass is 245 g/mol. The molecule has 1 fully saturated rings. The van der Waals surface area contributed by atoms with E-state index in [1.165, 1.54) is 24.0 Å². The van der Waals surface area contributed by atoms with E-state index >= 15 is 0 Å². The van der Waals surface area contributed by atoms with Crippen LogP contribution in [0.4, 0.5) is 0 Å². The molecule has 2 rings (SSSR count). The van der Waals surface area contributed by atoms with Crippen LogP contribution in [0.5, 0.6) is 0 Å². The summed E-state index contributed by atoms with van der Waals surface area (Å²) in [5, 5.41) is 3.57.